The van der Waals surface area contributed by atoms with E-state index >= 15 is 0 Å². The van der Waals surface area contributed by atoms with Gasteiger partial charge in [-0.15, -0.1) is 0 Å². The number of benzene rings is 3. The molecular formula is C21H14BrCl2N5S. The number of halogens is 3. The van der Waals surface area contributed by atoms with Crippen LogP contribution >= 0.6 is 51.3 Å². The van der Waals surface area contributed by atoms with E-state index in [0.717, 1.165) is 26.8 Å². The van der Waals surface area contributed by atoms with Crippen LogP contribution in [0.3, 0.4) is 0 Å². The van der Waals surface area contributed by atoms with Crippen LogP contribution in [0.4, 0.5) is 22.9 Å². The summed E-state index contributed by atoms with van der Waals surface area (Å²) in [5.41, 5.74) is 3.22. The van der Waals surface area contributed by atoms with Gasteiger partial charge < -0.3 is 16.0 Å². The van der Waals surface area contributed by atoms with Crippen LogP contribution in [0, 0.1) is 0 Å². The first-order chi connectivity index (χ1) is 14.5. The van der Waals surface area contributed by atoms with E-state index in [-0.39, 0.29) is 0 Å². The number of rotatable bonds is 4. The minimum Gasteiger partial charge on any atom is -0.340 e. The fourth-order valence-corrected chi connectivity index (χ4v) is 4.02. The van der Waals surface area contributed by atoms with Gasteiger partial charge in [-0.1, -0.05) is 45.2 Å². The fourth-order valence-electron chi connectivity index (χ4n) is 2.86. The number of thiocarbonyl (C=S) groups is 1. The molecule has 3 N–H and O–H groups in total. The Morgan fingerprint density at radius 3 is 2.37 bits per heavy atom. The van der Waals surface area contributed by atoms with Crippen molar-refractivity contribution in [2.45, 2.75) is 0 Å². The highest BCUT2D eigenvalue weighted by atomic mass is 79.9. The lowest BCUT2D eigenvalue weighted by atomic mass is 10.2. The van der Waals surface area contributed by atoms with Gasteiger partial charge in [-0.3, -0.25) is 0 Å². The summed E-state index contributed by atoms with van der Waals surface area (Å²) >= 11 is 21.0. The van der Waals surface area contributed by atoms with Crippen molar-refractivity contribution in [3.8, 4) is 0 Å². The second-order valence-corrected chi connectivity index (χ2v) is 8.52. The van der Waals surface area contributed by atoms with Gasteiger partial charge in [0, 0.05) is 37.0 Å². The van der Waals surface area contributed by atoms with Crippen molar-refractivity contribution >= 4 is 90.2 Å². The number of fused-ring (bicyclic) bond motifs is 1. The number of hydrogen-bond acceptors (Lipinski definition) is 4. The standard InChI is InChI=1S/C21H14BrCl2N5S/c22-12-2-1-3-15(6-12)27-20-18-10-16(4-5-19(18)25-11-26-20)28-21(30)29-17-8-13(23)7-14(24)9-17/h1-11H,(H,25,26,27)(H2,28,29,30). The molecule has 3 aromatic carbocycles. The molecule has 0 aliphatic rings. The highest BCUT2D eigenvalue weighted by Crippen LogP contribution is 2.27. The molecule has 4 rings (SSSR count). The molecule has 0 radical (unpaired) electrons. The highest BCUT2D eigenvalue weighted by Gasteiger charge is 2.08. The lowest BCUT2D eigenvalue weighted by Gasteiger charge is -2.13. The third-order valence-corrected chi connectivity index (χ3v) is 5.23. The molecule has 0 fully saturated rings. The molecule has 5 nitrogen and oxygen atoms in total. The summed E-state index contributed by atoms with van der Waals surface area (Å²) in [6, 6.07) is 18.8. The largest absolute Gasteiger partial charge is 0.340 e. The van der Waals surface area contributed by atoms with E-state index < -0.39 is 0 Å². The summed E-state index contributed by atoms with van der Waals surface area (Å²) in [5.74, 6) is 0.697. The van der Waals surface area contributed by atoms with E-state index in [1.807, 2.05) is 42.5 Å². The third-order valence-electron chi connectivity index (χ3n) is 4.10. The minimum absolute atomic E-state index is 0.408. The van der Waals surface area contributed by atoms with Crippen LogP contribution in [0.5, 0.6) is 0 Å². The van der Waals surface area contributed by atoms with E-state index in [1.54, 1.807) is 18.2 Å². The lowest BCUT2D eigenvalue weighted by Crippen LogP contribution is -2.19. The Kier molecular flexibility index (Phi) is 6.34. The normalized spacial score (nSPS) is 10.6. The van der Waals surface area contributed by atoms with Gasteiger partial charge in [-0.2, -0.15) is 0 Å². The summed E-state index contributed by atoms with van der Waals surface area (Å²) in [6.07, 6.45) is 1.53. The maximum atomic E-state index is 6.04. The Balaban J connectivity index is 1.57. The highest BCUT2D eigenvalue weighted by molar-refractivity contribution is 9.10. The van der Waals surface area contributed by atoms with Crippen molar-refractivity contribution in [3.05, 3.63) is 81.5 Å². The molecule has 1 heterocycles. The smallest absolute Gasteiger partial charge is 0.175 e. The molecule has 30 heavy (non-hydrogen) atoms. The number of nitrogens with one attached hydrogen (secondary N) is 3. The third kappa shape index (κ3) is 5.17. The van der Waals surface area contributed by atoms with E-state index in [1.165, 1.54) is 6.33 Å². The Morgan fingerprint density at radius 2 is 1.60 bits per heavy atom. The monoisotopic (exact) mass is 517 g/mol. The second kappa shape index (κ2) is 9.14. The average Bonchev–Trinajstić information content (AvgIpc) is 2.67. The quantitative estimate of drug-likeness (QED) is 0.247. The molecule has 9 heteroatoms. The summed E-state index contributed by atoms with van der Waals surface area (Å²) in [7, 11) is 0. The number of hydrogen-bond donors (Lipinski definition) is 3. The zero-order chi connectivity index (χ0) is 21.1. The van der Waals surface area contributed by atoms with Crippen LogP contribution in [-0.2, 0) is 0 Å². The molecule has 0 unspecified atom stereocenters. The molecule has 150 valence electrons. The first-order valence-corrected chi connectivity index (χ1v) is 10.7. The summed E-state index contributed by atoms with van der Waals surface area (Å²) < 4.78 is 0.978. The van der Waals surface area contributed by atoms with Crippen molar-refractivity contribution in [1.82, 2.24) is 9.97 Å². The predicted octanol–water partition coefficient (Wildman–Crippen LogP) is 7.25. The molecule has 0 saturated carbocycles. The Bertz CT molecular complexity index is 1230. The molecule has 0 bridgehead atoms. The van der Waals surface area contributed by atoms with Gasteiger partial charge in [0.05, 0.1) is 5.52 Å². The van der Waals surface area contributed by atoms with Crippen LogP contribution in [-0.4, -0.2) is 15.1 Å². The Morgan fingerprint density at radius 1 is 0.833 bits per heavy atom. The zero-order valence-electron chi connectivity index (χ0n) is 15.3. The maximum Gasteiger partial charge on any atom is 0.175 e. The molecular weight excluding hydrogens is 505 g/mol. The summed E-state index contributed by atoms with van der Waals surface area (Å²) in [4.78, 5) is 8.74. The molecule has 0 amide bonds. The topological polar surface area (TPSA) is 61.9 Å². The van der Waals surface area contributed by atoms with Crippen LogP contribution in [0.25, 0.3) is 10.9 Å². The number of aromatic nitrogens is 2. The molecule has 0 aliphatic heterocycles. The van der Waals surface area contributed by atoms with E-state index in [4.69, 9.17) is 35.4 Å². The molecule has 0 saturated heterocycles. The molecule has 1 aromatic heterocycles. The van der Waals surface area contributed by atoms with Gasteiger partial charge >= 0.3 is 0 Å². The molecule has 0 aliphatic carbocycles. The van der Waals surface area contributed by atoms with Crippen molar-refractivity contribution < 1.29 is 0 Å². The van der Waals surface area contributed by atoms with E-state index in [0.29, 0.717) is 26.7 Å². The summed E-state index contributed by atoms with van der Waals surface area (Å²) in [6.45, 7) is 0. The van der Waals surface area contributed by atoms with Crippen molar-refractivity contribution in [1.29, 1.82) is 0 Å². The maximum absolute atomic E-state index is 6.04. The number of anilines is 4. The lowest BCUT2D eigenvalue weighted by molar-refractivity contribution is 1.22. The second-order valence-electron chi connectivity index (χ2n) is 6.33. The van der Waals surface area contributed by atoms with Crippen molar-refractivity contribution in [2.24, 2.45) is 0 Å². The van der Waals surface area contributed by atoms with Crippen LogP contribution < -0.4 is 16.0 Å². The Hall–Kier alpha value is -2.45. The van der Waals surface area contributed by atoms with Gasteiger partial charge in [0.1, 0.15) is 12.1 Å². The molecule has 0 spiro atoms. The molecule has 4 aromatic rings. The van der Waals surface area contributed by atoms with Gasteiger partial charge in [0.2, 0.25) is 0 Å². The first kappa shape index (κ1) is 20.8. The van der Waals surface area contributed by atoms with Crippen molar-refractivity contribution in [3.63, 3.8) is 0 Å². The fraction of sp³-hybridized carbons (Fsp3) is 0. The molecule has 0 atom stereocenters. The van der Waals surface area contributed by atoms with Gasteiger partial charge in [0.15, 0.2) is 5.11 Å². The number of nitrogens with zero attached hydrogens (tertiary/aromatic N) is 2. The van der Waals surface area contributed by atoms with E-state index in [2.05, 4.69) is 41.8 Å². The van der Waals surface area contributed by atoms with Gasteiger partial charge in [-0.25, -0.2) is 9.97 Å². The first-order valence-electron chi connectivity index (χ1n) is 8.78. The minimum atomic E-state index is 0.408. The summed E-state index contributed by atoms with van der Waals surface area (Å²) in [5, 5.41) is 11.9. The van der Waals surface area contributed by atoms with Crippen LogP contribution in [0.2, 0.25) is 10.0 Å². The zero-order valence-corrected chi connectivity index (χ0v) is 19.2. The predicted molar refractivity (Wildman–Crippen MR) is 133 cm³/mol. The average molecular weight is 519 g/mol. The van der Waals surface area contributed by atoms with Crippen LogP contribution in [0.1, 0.15) is 0 Å². The van der Waals surface area contributed by atoms with Crippen LogP contribution in [0.15, 0.2) is 71.5 Å². The van der Waals surface area contributed by atoms with Gasteiger partial charge in [0.25, 0.3) is 0 Å². The Labute approximate surface area is 197 Å². The SMILES string of the molecule is S=C(Nc1cc(Cl)cc(Cl)c1)Nc1ccc2ncnc(Nc3cccc(Br)c3)c2c1. The van der Waals surface area contributed by atoms with E-state index in [9.17, 15) is 0 Å². The van der Waals surface area contributed by atoms with Crippen molar-refractivity contribution in [2.75, 3.05) is 16.0 Å². The van der Waals surface area contributed by atoms with Gasteiger partial charge in [-0.05, 0) is 66.8 Å².